The van der Waals surface area contributed by atoms with Crippen molar-refractivity contribution in [2.24, 2.45) is 0 Å². The summed E-state index contributed by atoms with van der Waals surface area (Å²) < 4.78 is 0. The van der Waals surface area contributed by atoms with Crippen LogP contribution in [0.5, 0.6) is 0 Å². The highest BCUT2D eigenvalue weighted by Crippen LogP contribution is 2.22. The number of aromatic amines is 1. The van der Waals surface area contributed by atoms with E-state index >= 15 is 0 Å². The van der Waals surface area contributed by atoms with Crippen molar-refractivity contribution in [1.29, 1.82) is 5.26 Å². The number of rotatable bonds is 1. The maximum atomic E-state index is 8.83. The molecular formula is C11H7ClN2. The van der Waals surface area contributed by atoms with Crippen LogP contribution in [-0.4, -0.2) is 4.98 Å². The quantitative estimate of drug-likeness (QED) is 0.758. The van der Waals surface area contributed by atoms with Gasteiger partial charge in [0.25, 0.3) is 0 Å². The molecule has 2 rings (SSSR count). The molecule has 68 valence electrons. The van der Waals surface area contributed by atoms with Crippen LogP contribution >= 0.6 is 11.6 Å². The monoisotopic (exact) mass is 202 g/mol. The maximum Gasteiger partial charge on any atom is 0.101 e. The maximum absolute atomic E-state index is 8.83. The highest BCUT2D eigenvalue weighted by atomic mass is 35.5. The van der Waals surface area contributed by atoms with Crippen molar-refractivity contribution in [3.05, 3.63) is 47.1 Å². The molecule has 0 unspecified atom stereocenters. The number of hydrogen-bond donors (Lipinski definition) is 1. The summed E-state index contributed by atoms with van der Waals surface area (Å²) in [7, 11) is 0. The third-order valence-electron chi connectivity index (χ3n) is 2.00. The third kappa shape index (κ3) is 1.50. The van der Waals surface area contributed by atoms with Crippen molar-refractivity contribution in [2.45, 2.75) is 0 Å². The van der Waals surface area contributed by atoms with E-state index in [1.165, 1.54) is 0 Å². The number of hydrogen-bond acceptors (Lipinski definition) is 1. The number of aromatic nitrogens is 1. The minimum atomic E-state index is 0.646. The number of nitrogens with zero attached hydrogens (tertiary/aromatic N) is 1. The summed E-state index contributed by atoms with van der Waals surface area (Å²) in [5.41, 5.74) is 2.45. The van der Waals surface area contributed by atoms with Crippen molar-refractivity contribution < 1.29 is 0 Å². The van der Waals surface area contributed by atoms with Gasteiger partial charge in [-0.2, -0.15) is 5.26 Å². The van der Waals surface area contributed by atoms with Gasteiger partial charge in [0.15, 0.2) is 0 Å². The molecule has 0 atom stereocenters. The van der Waals surface area contributed by atoms with Crippen molar-refractivity contribution in [3.63, 3.8) is 0 Å². The van der Waals surface area contributed by atoms with Crippen LogP contribution in [0.1, 0.15) is 5.56 Å². The van der Waals surface area contributed by atoms with Crippen LogP contribution < -0.4 is 0 Å². The Bertz CT molecular complexity index is 477. The van der Waals surface area contributed by atoms with Gasteiger partial charge in [-0.05, 0) is 23.8 Å². The first kappa shape index (κ1) is 8.86. The number of benzene rings is 1. The van der Waals surface area contributed by atoms with Gasteiger partial charge in [-0.1, -0.05) is 23.7 Å². The van der Waals surface area contributed by atoms with E-state index in [1.54, 1.807) is 24.4 Å². The lowest BCUT2D eigenvalue weighted by Gasteiger charge is -1.98. The number of nitrogens with one attached hydrogen (secondary N) is 1. The fourth-order valence-electron chi connectivity index (χ4n) is 1.32. The van der Waals surface area contributed by atoms with Gasteiger partial charge in [0.05, 0.1) is 11.3 Å². The molecule has 1 aromatic carbocycles. The first-order valence-corrected chi connectivity index (χ1v) is 4.52. The van der Waals surface area contributed by atoms with E-state index < -0.39 is 0 Å². The first-order chi connectivity index (χ1) is 6.81. The molecule has 0 radical (unpaired) electrons. The number of nitriles is 1. The van der Waals surface area contributed by atoms with Crippen LogP contribution in [0.15, 0.2) is 36.5 Å². The van der Waals surface area contributed by atoms with Gasteiger partial charge >= 0.3 is 0 Å². The van der Waals surface area contributed by atoms with Crippen LogP contribution in [0.3, 0.4) is 0 Å². The molecule has 3 heteroatoms. The molecular weight excluding hydrogens is 196 g/mol. The van der Waals surface area contributed by atoms with Gasteiger partial charge < -0.3 is 4.98 Å². The van der Waals surface area contributed by atoms with Crippen LogP contribution in [-0.2, 0) is 0 Å². The second-order valence-electron chi connectivity index (χ2n) is 2.89. The van der Waals surface area contributed by atoms with Crippen molar-refractivity contribution in [2.75, 3.05) is 0 Å². The predicted octanol–water partition coefficient (Wildman–Crippen LogP) is 3.21. The first-order valence-electron chi connectivity index (χ1n) is 4.14. The summed E-state index contributed by atoms with van der Waals surface area (Å²) in [4.78, 5) is 3.03. The number of halogens is 1. The Morgan fingerprint density at radius 3 is 2.50 bits per heavy atom. The zero-order valence-electron chi connectivity index (χ0n) is 7.29. The summed E-state index contributed by atoms with van der Waals surface area (Å²) in [6.07, 6.45) is 1.75. The lowest BCUT2D eigenvalue weighted by Crippen LogP contribution is -1.80. The molecule has 1 N–H and O–H groups in total. The summed E-state index contributed by atoms with van der Waals surface area (Å²) in [5.74, 6) is 0. The molecule has 14 heavy (non-hydrogen) atoms. The fraction of sp³-hybridized carbons (Fsp3) is 0. The average molecular weight is 203 g/mol. The van der Waals surface area contributed by atoms with Crippen molar-refractivity contribution in [1.82, 2.24) is 4.98 Å². The van der Waals surface area contributed by atoms with E-state index in [1.807, 2.05) is 12.1 Å². The van der Waals surface area contributed by atoms with Crippen LogP contribution in [0.2, 0.25) is 5.02 Å². The minimum absolute atomic E-state index is 0.646. The minimum Gasteiger partial charge on any atom is -0.360 e. The molecule has 2 nitrogen and oxygen atoms in total. The van der Waals surface area contributed by atoms with E-state index in [2.05, 4.69) is 11.1 Å². The lowest BCUT2D eigenvalue weighted by atomic mass is 10.1. The Morgan fingerprint density at radius 1 is 1.14 bits per heavy atom. The second kappa shape index (κ2) is 3.57. The fourth-order valence-corrected chi connectivity index (χ4v) is 1.44. The van der Waals surface area contributed by atoms with Crippen LogP contribution in [0.25, 0.3) is 11.3 Å². The Balaban J connectivity index is 2.50. The Hall–Kier alpha value is -1.72. The van der Waals surface area contributed by atoms with Gasteiger partial charge in [-0.3, -0.25) is 0 Å². The van der Waals surface area contributed by atoms with Crippen LogP contribution in [0, 0.1) is 11.3 Å². The molecule has 0 bridgehead atoms. The Morgan fingerprint density at radius 2 is 1.86 bits per heavy atom. The smallest absolute Gasteiger partial charge is 0.101 e. The summed E-state index contributed by atoms with van der Waals surface area (Å²) in [6, 6.07) is 11.3. The van der Waals surface area contributed by atoms with Crippen molar-refractivity contribution >= 4 is 11.6 Å². The molecule has 0 aliphatic heterocycles. The summed E-state index contributed by atoms with van der Waals surface area (Å²) in [5, 5.41) is 9.52. The predicted molar refractivity (Wildman–Crippen MR) is 56.0 cm³/mol. The molecule has 1 heterocycles. The Labute approximate surface area is 86.8 Å². The molecule has 0 saturated carbocycles. The largest absolute Gasteiger partial charge is 0.360 e. The molecule has 0 amide bonds. The third-order valence-corrected chi connectivity index (χ3v) is 2.25. The van der Waals surface area contributed by atoms with E-state index in [-0.39, 0.29) is 0 Å². The highest BCUT2D eigenvalue weighted by molar-refractivity contribution is 6.30. The molecule has 2 aromatic rings. The second-order valence-corrected chi connectivity index (χ2v) is 3.32. The van der Waals surface area contributed by atoms with Crippen LogP contribution in [0.4, 0.5) is 0 Å². The average Bonchev–Trinajstić information content (AvgIpc) is 2.67. The SMILES string of the molecule is N#Cc1cc[nH]c1-c1ccc(Cl)cc1. The van der Waals surface area contributed by atoms with Gasteiger partial charge in [0.1, 0.15) is 6.07 Å². The topological polar surface area (TPSA) is 39.6 Å². The Kier molecular flexibility index (Phi) is 2.26. The van der Waals surface area contributed by atoms with E-state index in [9.17, 15) is 0 Å². The number of H-pyrrole nitrogens is 1. The molecule has 0 aliphatic carbocycles. The van der Waals surface area contributed by atoms with Gasteiger partial charge in [-0.25, -0.2) is 0 Å². The highest BCUT2D eigenvalue weighted by Gasteiger charge is 2.04. The lowest BCUT2D eigenvalue weighted by molar-refractivity contribution is 1.39. The van der Waals surface area contributed by atoms with E-state index in [0.717, 1.165) is 11.3 Å². The zero-order chi connectivity index (χ0) is 9.97. The van der Waals surface area contributed by atoms with Crippen molar-refractivity contribution in [3.8, 4) is 17.3 Å². The molecule has 0 aliphatic rings. The summed E-state index contributed by atoms with van der Waals surface area (Å²) >= 11 is 5.77. The molecule has 0 spiro atoms. The van der Waals surface area contributed by atoms with E-state index in [4.69, 9.17) is 16.9 Å². The standard InChI is InChI=1S/C11H7ClN2/c12-10-3-1-8(2-4-10)11-9(7-13)5-6-14-11/h1-6,14H. The molecule has 1 aromatic heterocycles. The van der Waals surface area contributed by atoms with Gasteiger partial charge in [-0.15, -0.1) is 0 Å². The molecule has 0 saturated heterocycles. The normalized spacial score (nSPS) is 9.71. The molecule has 0 fully saturated rings. The van der Waals surface area contributed by atoms with Gasteiger partial charge in [0.2, 0.25) is 0 Å². The zero-order valence-corrected chi connectivity index (χ0v) is 8.05. The summed E-state index contributed by atoms with van der Waals surface area (Å²) in [6.45, 7) is 0. The van der Waals surface area contributed by atoms with Gasteiger partial charge in [0, 0.05) is 11.2 Å². The van der Waals surface area contributed by atoms with E-state index in [0.29, 0.717) is 10.6 Å².